The standard InChI is InChI=1S/C13H17N3O3S/c1-9-13(10(2)19-15-9)20(17,18)16-12-6-4-11(5-7-12)8-14-3/h4-7,14,16H,8H2,1-3H3. The van der Waals surface area contributed by atoms with Crippen molar-refractivity contribution in [1.82, 2.24) is 10.5 Å². The van der Waals surface area contributed by atoms with Crippen LogP contribution in [0.25, 0.3) is 0 Å². The molecule has 6 nitrogen and oxygen atoms in total. The van der Waals surface area contributed by atoms with Gasteiger partial charge in [0.1, 0.15) is 5.69 Å². The minimum Gasteiger partial charge on any atom is -0.360 e. The number of benzene rings is 1. The molecule has 0 aliphatic carbocycles. The van der Waals surface area contributed by atoms with Crippen molar-refractivity contribution in [3.63, 3.8) is 0 Å². The van der Waals surface area contributed by atoms with Crippen LogP contribution in [0.15, 0.2) is 33.7 Å². The van der Waals surface area contributed by atoms with Gasteiger partial charge in [0.2, 0.25) is 0 Å². The van der Waals surface area contributed by atoms with Gasteiger partial charge < -0.3 is 9.84 Å². The van der Waals surface area contributed by atoms with Gasteiger partial charge in [-0.15, -0.1) is 0 Å². The average molecular weight is 295 g/mol. The highest BCUT2D eigenvalue weighted by atomic mass is 32.2. The number of sulfonamides is 1. The van der Waals surface area contributed by atoms with E-state index in [-0.39, 0.29) is 10.7 Å². The molecule has 0 fully saturated rings. The molecule has 0 bridgehead atoms. The van der Waals surface area contributed by atoms with Gasteiger partial charge in [0.15, 0.2) is 10.7 Å². The Balaban J connectivity index is 2.24. The van der Waals surface area contributed by atoms with Gasteiger partial charge in [-0.05, 0) is 38.6 Å². The summed E-state index contributed by atoms with van der Waals surface area (Å²) < 4.78 is 32.0. The maximum Gasteiger partial charge on any atom is 0.267 e. The monoisotopic (exact) mass is 295 g/mol. The van der Waals surface area contributed by atoms with Crippen molar-refractivity contribution in [2.24, 2.45) is 0 Å². The molecule has 1 aromatic heterocycles. The molecule has 0 saturated carbocycles. The fourth-order valence-corrected chi connectivity index (χ4v) is 3.35. The number of nitrogens with zero attached hydrogens (tertiary/aromatic N) is 1. The summed E-state index contributed by atoms with van der Waals surface area (Å²) in [5, 5.41) is 6.69. The van der Waals surface area contributed by atoms with E-state index in [0.717, 1.165) is 12.1 Å². The molecular weight excluding hydrogens is 278 g/mol. The van der Waals surface area contributed by atoms with Crippen molar-refractivity contribution in [1.29, 1.82) is 0 Å². The van der Waals surface area contributed by atoms with Crippen molar-refractivity contribution in [3.8, 4) is 0 Å². The van der Waals surface area contributed by atoms with Crippen molar-refractivity contribution in [2.75, 3.05) is 11.8 Å². The quantitative estimate of drug-likeness (QED) is 0.879. The largest absolute Gasteiger partial charge is 0.360 e. The van der Waals surface area contributed by atoms with Gasteiger partial charge in [-0.3, -0.25) is 4.72 Å². The van der Waals surface area contributed by atoms with E-state index in [2.05, 4.69) is 15.2 Å². The van der Waals surface area contributed by atoms with E-state index in [9.17, 15) is 8.42 Å². The topological polar surface area (TPSA) is 84.2 Å². The van der Waals surface area contributed by atoms with Crippen LogP contribution in [0, 0.1) is 13.8 Å². The van der Waals surface area contributed by atoms with Crippen LogP contribution in [0.4, 0.5) is 5.69 Å². The zero-order valence-corrected chi connectivity index (χ0v) is 12.4. The second kappa shape index (κ2) is 5.64. The molecule has 0 aliphatic heterocycles. The Hall–Kier alpha value is -1.86. The van der Waals surface area contributed by atoms with Gasteiger partial charge in [0.25, 0.3) is 10.0 Å². The highest BCUT2D eigenvalue weighted by Gasteiger charge is 2.24. The summed E-state index contributed by atoms with van der Waals surface area (Å²) in [6, 6.07) is 7.17. The summed E-state index contributed by atoms with van der Waals surface area (Å²) in [5.41, 5.74) is 1.93. The Morgan fingerprint density at radius 3 is 2.35 bits per heavy atom. The van der Waals surface area contributed by atoms with Crippen LogP contribution in [0.1, 0.15) is 17.0 Å². The first-order valence-electron chi connectivity index (χ1n) is 6.13. The van der Waals surface area contributed by atoms with Crippen molar-refractivity contribution < 1.29 is 12.9 Å². The van der Waals surface area contributed by atoms with E-state index in [1.165, 1.54) is 0 Å². The Morgan fingerprint density at radius 2 is 1.85 bits per heavy atom. The minimum atomic E-state index is -3.68. The van der Waals surface area contributed by atoms with Gasteiger partial charge >= 0.3 is 0 Å². The van der Waals surface area contributed by atoms with Crippen LogP contribution < -0.4 is 10.0 Å². The Bertz CT molecular complexity index is 671. The summed E-state index contributed by atoms with van der Waals surface area (Å²) in [6.07, 6.45) is 0. The second-order valence-corrected chi connectivity index (χ2v) is 6.11. The molecule has 0 unspecified atom stereocenters. The van der Waals surface area contributed by atoms with Gasteiger partial charge in [-0.25, -0.2) is 8.42 Å². The first-order chi connectivity index (χ1) is 9.44. The van der Waals surface area contributed by atoms with Crippen LogP contribution in [0.5, 0.6) is 0 Å². The summed E-state index contributed by atoms with van der Waals surface area (Å²) in [7, 11) is -1.82. The highest BCUT2D eigenvalue weighted by molar-refractivity contribution is 7.92. The second-order valence-electron chi connectivity index (χ2n) is 4.49. The predicted molar refractivity (Wildman–Crippen MR) is 76.0 cm³/mol. The lowest BCUT2D eigenvalue weighted by molar-refractivity contribution is 0.390. The van der Waals surface area contributed by atoms with E-state index in [1.807, 2.05) is 19.2 Å². The summed E-state index contributed by atoms with van der Waals surface area (Å²) in [5.74, 6) is 0.279. The van der Waals surface area contributed by atoms with Crippen LogP contribution in [-0.2, 0) is 16.6 Å². The van der Waals surface area contributed by atoms with Crippen molar-refractivity contribution >= 4 is 15.7 Å². The number of rotatable bonds is 5. The van der Waals surface area contributed by atoms with E-state index in [0.29, 0.717) is 11.4 Å². The minimum absolute atomic E-state index is 0.0943. The van der Waals surface area contributed by atoms with E-state index < -0.39 is 10.0 Å². The Labute approximate surface area is 118 Å². The molecule has 2 N–H and O–H groups in total. The molecule has 7 heteroatoms. The van der Waals surface area contributed by atoms with Crippen LogP contribution >= 0.6 is 0 Å². The van der Waals surface area contributed by atoms with Crippen LogP contribution in [-0.4, -0.2) is 20.6 Å². The Kier molecular flexibility index (Phi) is 4.10. The lowest BCUT2D eigenvalue weighted by Crippen LogP contribution is -2.14. The van der Waals surface area contributed by atoms with Crippen molar-refractivity contribution in [2.45, 2.75) is 25.3 Å². The molecule has 0 aliphatic rings. The fraction of sp³-hybridized carbons (Fsp3) is 0.308. The zero-order chi connectivity index (χ0) is 14.8. The van der Waals surface area contributed by atoms with Crippen LogP contribution in [0.2, 0.25) is 0 Å². The van der Waals surface area contributed by atoms with Gasteiger partial charge in [0, 0.05) is 12.2 Å². The van der Waals surface area contributed by atoms with Gasteiger partial charge in [0.05, 0.1) is 0 Å². The Morgan fingerprint density at radius 1 is 1.20 bits per heavy atom. The lowest BCUT2D eigenvalue weighted by Gasteiger charge is -2.08. The van der Waals surface area contributed by atoms with E-state index >= 15 is 0 Å². The third kappa shape index (κ3) is 3.00. The molecule has 0 spiro atoms. The molecule has 0 radical (unpaired) electrons. The summed E-state index contributed by atoms with van der Waals surface area (Å²) >= 11 is 0. The molecule has 2 rings (SSSR count). The number of hydrogen-bond acceptors (Lipinski definition) is 5. The first-order valence-corrected chi connectivity index (χ1v) is 7.61. The third-order valence-corrected chi connectivity index (χ3v) is 4.45. The predicted octanol–water partition coefficient (Wildman–Crippen LogP) is 1.81. The number of anilines is 1. The summed E-state index contributed by atoms with van der Waals surface area (Å²) in [4.78, 5) is 0.0943. The molecule has 108 valence electrons. The smallest absolute Gasteiger partial charge is 0.267 e. The highest BCUT2D eigenvalue weighted by Crippen LogP contribution is 2.22. The maximum atomic E-state index is 12.3. The number of aryl methyl sites for hydroxylation is 2. The van der Waals surface area contributed by atoms with Crippen molar-refractivity contribution in [3.05, 3.63) is 41.3 Å². The van der Waals surface area contributed by atoms with Gasteiger partial charge in [-0.2, -0.15) is 0 Å². The normalized spacial score (nSPS) is 11.6. The van der Waals surface area contributed by atoms with Crippen LogP contribution in [0.3, 0.4) is 0 Å². The summed E-state index contributed by atoms with van der Waals surface area (Å²) in [6.45, 7) is 3.91. The molecule has 0 saturated heterocycles. The zero-order valence-electron chi connectivity index (χ0n) is 11.6. The van der Waals surface area contributed by atoms with Gasteiger partial charge in [-0.1, -0.05) is 17.3 Å². The lowest BCUT2D eigenvalue weighted by atomic mass is 10.2. The average Bonchev–Trinajstić information content (AvgIpc) is 2.72. The SMILES string of the molecule is CNCc1ccc(NS(=O)(=O)c2c(C)noc2C)cc1. The molecular formula is C13H17N3O3S. The van der Waals surface area contributed by atoms with E-state index in [1.54, 1.807) is 26.0 Å². The molecule has 2 aromatic rings. The maximum absolute atomic E-state index is 12.3. The number of nitrogens with one attached hydrogen (secondary N) is 2. The van der Waals surface area contributed by atoms with E-state index in [4.69, 9.17) is 4.52 Å². The number of aromatic nitrogens is 1. The molecule has 20 heavy (non-hydrogen) atoms. The molecule has 1 aromatic carbocycles. The molecule has 1 heterocycles. The first kappa shape index (κ1) is 14.5. The molecule has 0 atom stereocenters. The third-order valence-electron chi connectivity index (χ3n) is 2.82. The molecule has 0 amide bonds. The number of hydrogen-bond donors (Lipinski definition) is 2. The fourth-order valence-electron chi connectivity index (χ4n) is 1.96.